The van der Waals surface area contributed by atoms with Crippen molar-refractivity contribution < 1.29 is 23.5 Å². The average Bonchev–Trinajstić information content (AvgIpc) is 2.82. The molecule has 0 saturated heterocycles. The van der Waals surface area contributed by atoms with E-state index in [1.54, 1.807) is 37.3 Å². The summed E-state index contributed by atoms with van der Waals surface area (Å²) in [6, 6.07) is 19.0. The van der Waals surface area contributed by atoms with Crippen LogP contribution in [0.1, 0.15) is 31.8 Å². The first-order valence-electron chi connectivity index (χ1n) is 10.1. The van der Waals surface area contributed by atoms with Gasteiger partial charge in [0.15, 0.2) is 11.5 Å². The summed E-state index contributed by atoms with van der Waals surface area (Å²) in [5, 5.41) is 5.38. The number of hydrogen-bond donors (Lipinski definition) is 2. The first-order chi connectivity index (χ1) is 15.5. The van der Waals surface area contributed by atoms with E-state index in [0.29, 0.717) is 29.2 Å². The molecule has 0 atom stereocenters. The molecule has 0 spiro atoms. The monoisotopic (exact) mass is 436 g/mol. The molecule has 2 N–H and O–H groups in total. The Morgan fingerprint density at radius 1 is 0.844 bits per heavy atom. The lowest BCUT2D eigenvalue weighted by molar-refractivity contribution is 0.0927. The topological polar surface area (TPSA) is 76.7 Å². The van der Waals surface area contributed by atoms with Gasteiger partial charge in [-0.25, -0.2) is 4.39 Å². The molecule has 0 aliphatic rings. The van der Waals surface area contributed by atoms with Crippen molar-refractivity contribution in [2.24, 2.45) is 0 Å². The van der Waals surface area contributed by atoms with E-state index < -0.39 is 11.7 Å². The predicted molar refractivity (Wildman–Crippen MR) is 120 cm³/mol. The molecule has 3 aromatic carbocycles. The molecule has 0 saturated carbocycles. The number of methoxy groups -OCH3 is 1. The Balaban J connectivity index is 1.50. The van der Waals surface area contributed by atoms with Crippen molar-refractivity contribution in [3.05, 3.63) is 94.8 Å². The smallest absolute Gasteiger partial charge is 0.251 e. The van der Waals surface area contributed by atoms with E-state index in [0.717, 1.165) is 5.56 Å². The molecule has 6 nitrogen and oxygen atoms in total. The zero-order valence-corrected chi connectivity index (χ0v) is 18.0. The Labute approximate surface area is 186 Å². The number of hydrogen-bond acceptors (Lipinski definition) is 4. The van der Waals surface area contributed by atoms with Gasteiger partial charge < -0.3 is 20.1 Å². The summed E-state index contributed by atoms with van der Waals surface area (Å²) >= 11 is 0. The predicted octanol–water partition coefficient (Wildman–Crippen LogP) is 3.88. The fourth-order valence-electron chi connectivity index (χ4n) is 2.95. The number of benzene rings is 3. The molecule has 0 fully saturated rings. The first kappa shape index (κ1) is 22.8. The molecule has 0 unspecified atom stereocenters. The molecular formula is C25H25FN2O4. The number of carbonyl (C=O) groups excluding carboxylic acids is 2. The Bertz CT molecular complexity index is 1090. The molecule has 0 aliphatic carbocycles. The number of aryl methyl sites for hydroxylation is 1. The van der Waals surface area contributed by atoms with Crippen molar-refractivity contribution in [2.45, 2.75) is 13.5 Å². The van der Waals surface area contributed by atoms with Gasteiger partial charge in [-0.3, -0.25) is 9.59 Å². The van der Waals surface area contributed by atoms with Gasteiger partial charge in [-0.1, -0.05) is 36.4 Å². The quantitative estimate of drug-likeness (QED) is 0.499. The molecule has 2 amide bonds. The van der Waals surface area contributed by atoms with Crippen LogP contribution in [0.15, 0.2) is 66.7 Å². The summed E-state index contributed by atoms with van der Waals surface area (Å²) in [6.07, 6.45) is 0. The lowest BCUT2D eigenvalue weighted by atomic mass is 10.1. The second kappa shape index (κ2) is 10.9. The number of carbonyl (C=O) groups is 2. The van der Waals surface area contributed by atoms with E-state index in [2.05, 4.69) is 10.6 Å². The molecule has 0 aliphatic heterocycles. The van der Waals surface area contributed by atoms with Crippen LogP contribution in [0.4, 0.5) is 4.39 Å². The van der Waals surface area contributed by atoms with Crippen LogP contribution in [0.2, 0.25) is 0 Å². The highest BCUT2D eigenvalue weighted by Crippen LogP contribution is 2.28. The van der Waals surface area contributed by atoms with E-state index >= 15 is 0 Å². The van der Waals surface area contributed by atoms with Gasteiger partial charge >= 0.3 is 0 Å². The van der Waals surface area contributed by atoms with E-state index in [9.17, 15) is 14.0 Å². The molecule has 3 aromatic rings. The SMILES string of the molecule is COc1cc(C(=O)NCCNC(=O)c2ccc(C)c(F)c2)ccc1OCc1ccccc1. The van der Waals surface area contributed by atoms with Crippen LogP contribution >= 0.6 is 0 Å². The van der Waals surface area contributed by atoms with E-state index in [1.807, 2.05) is 30.3 Å². The zero-order valence-electron chi connectivity index (χ0n) is 18.0. The normalized spacial score (nSPS) is 10.3. The maximum absolute atomic E-state index is 13.6. The van der Waals surface area contributed by atoms with Crippen molar-refractivity contribution in [1.82, 2.24) is 10.6 Å². The third-order valence-electron chi connectivity index (χ3n) is 4.79. The summed E-state index contributed by atoms with van der Waals surface area (Å²) in [5.74, 6) is -0.168. The Kier molecular flexibility index (Phi) is 7.80. The molecule has 166 valence electrons. The fraction of sp³-hybridized carbons (Fsp3) is 0.200. The Hall–Kier alpha value is -3.87. The molecule has 32 heavy (non-hydrogen) atoms. The van der Waals surface area contributed by atoms with Gasteiger partial charge in [0.05, 0.1) is 7.11 Å². The second-order valence-electron chi connectivity index (χ2n) is 7.12. The standard InChI is InChI=1S/C25H25FN2O4/c1-17-8-9-19(14-21(17)26)24(29)27-12-13-28-25(30)20-10-11-22(23(15-20)31-2)32-16-18-6-4-3-5-7-18/h3-11,14-15H,12-13,16H2,1-2H3,(H,27,29)(H,28,30). The van der Waals surface area contributed by atoms with Crippen molar-refractivity contribution in [1.29, 1.82) is 0 Å². The second-order valence-corrected chi connectivity index (χ2v) is 7.12. The highest BCUT2D eigenvalue weighted by Gasteiger charge is 2.12. The van der Waals surface area contributed by atoms with Crippen molar-refractivity contribution in [3.63, 3.8) is 0 Å². The minimum absolute atomic E-state index is 0.204. The van der Waals surface area contributed by atoms with Crippen LogP contribution in [-0.2, 0) is 6.61 Å². The number of ether oxygens (including phenoxy) is 2. The minimum Gasteiger partial charge on any atom is -0.493 e. The van der Waals surface area contributed by atoms with Crippen molar-refractivity contribution in [2.75, 3.05) is 20.2 Å². The van der Waals surface area contributed by atoms with E-state index in [4.69, 9.17) is 9.47 Å². The Morgan fingerprint density at radius 3 is 2.09 bits per heavy atom. The van der Waals surface area contributed by atoms with Gasteiger partial charge in [-0.15, -0.1) is 0 Å². The molecule has 0 aromatic heterocycles. The largest absolute Gasteiger partial charge is 0.493 e. The maximum atomic E-state index is 13.6. The molecule has 0 bridgehead atoms. The summed E-state index contributed by atoms with van der Waals surface area (Å²) in [5.41, 5.74) is 2.13. The van der Waals surface area contributed by atoms with Gasteiger partial charge in [0, 0.05) is 24.2 Å². The molecular weight excluding hydrogens is 411 g/mol. The van der Waals surface area contributed by atoms with Crippen molar-refractivity contribution >= 4 is 11.8 Å². The molecule has 3 rings (SSSR count). The van der Waals surface area contributed by atoms with Crippen LogP contribution in [0.25, 0.3) is 0 Å². The third kappa shape index (κ3) is 6.07. The lowest BCUT2D eigenvalue weighted by Gasteiger charge is -2.13. The van der Waals surface area contributed by atoms with Gasteiger partial charge in [0.2, 0.25) is 0 Å². The van der Waals surface area contributed by atoms with Gasteiger partial charge in [-0.2, -0.15) is 0 Å². The Morgan fingerprint density at radius 2 is 1.47 bits per heavy atom. The fourth-order valence-corrected chi connectivity index (χ4v) is 2.95. The summed E-state index contributed by atoms with van der Waals surface area (Å²) in [4.78, 5) is 24.5. The number of nitrogens with one attached hydrogen (secondary N) is 2. The number of rotatable bonds is 9. The molecule has 7 heteroatoms. The van der Waals surface area contributed by atoms with Crippen LogP contribution in [-0.4, -0.2) is 32.0 Å². The van der Waals surface area contributed by atoms with Crippen LogP contribution < -0.4 is 20.1 Å². The van der Waals surface area contributed by atoms with Gasteiger partial charge in [-0.05, 0) is 48.4 Å². The summed E-state index contributed by atoms with van der Waals surface area (Å²) in [7, 11) is 1.51. The third-order valence-corrected chi connectivity index (χ3v) is 4.79. The maximum Gasteiger partial charge on any atom is 0.251 e. The summed E-state index contributed by atoms with van der Waals surface area (Å²) < 4.78 is 24.7. The van der Waals surface area contributed by atoms with Gasteiger partial charge in [0.1, 0.15) is 12.4 Å². The highest BCUT2D eigenvalue weighted by atomic mass is 19.1. The zero-order chi connectivity index (χ0) is 22.9. The minimum atomic E-state index is -0.434. The van der Waals surface area contributed by atoms with Crippen LogP contribution in [0, 0.1) is 12.7 Å². The van der Waals surface area contributed by atoms with Gasteiger partial charge in [0.25, 0.3) is 11.8 Å². The van der Waals surface area contributed by atoms with E-state index in [-0.39, 0.29) is 24.6 Å². The number of amides is 2. The average molecular weight is 436 g/mol. The van der Waals surface area contributed by atoms with Crippen LogP contribution in [0.3, 0.4) is 0 Å². The lowest BCUT2D eigenvalue weighted by Crippen LogP contribution is -2.34. The molecule has 0 heterocycles. The summed E-state index contributed by atoms with van der Waals surface area (Å²) in [6.45, 7) is 2.43. The molecule has 0 radical (unpaired) electrons. The van der Waals surface area contributed by atoms with Crippen LogP contribution in [0.5, 0.6) is 11.5 Å². The number of halogens is 1. The first-order valence-corrected chi connectivity index (χ1v) is 10.1. The van der Waals surface area contributed by atoms with Crippen molar-refractivity contribution in [3.8, 4) is 11.5 Å². The highest BCUT2D eigenvalue weighted by molar-refractivity contribution is 5.95. The van der Waals surface area contributed by atoms with E-state index in [1.165, 1.54) is 13.2 Å².